The number of likely N-dealkylation sites (N-methyl/N-ethyl adjacent to an activating group) is 1. The van der Waals surface area contributed by atoms with Gasteiger partial charge in [-0.15, -0.1) is 0 Å². The van der Waals surface area contributed by atoms with Crippen molar-refractivity contribution in [2.45, 2.75) is 13.1 Å². The third kappa shape index (κ3) is 6.14. The molecule has 0 spiro atoms. The van der Waals surface area contributed by atoms with Crippen molar-refractivity contribution >= 4 is 23.5 Å². The summed E-state index contributed by atoms with van der Waals surface area (Å²) in [6.45, 7) is 3.43. The van der Waals surface area contributed by atoms with E-state index in [-0.39, 0.29) is 10.7 Å². The Kier molecular flexibility index (Phi) is 7.71. The van der Waals surface area contributed by atoms with E-state index in [1.54, 1.807) is 18.2 Å². The minimum atomic E-state index is -4.55. The molecule has 2 aromatic rings. The Morgan fingerprint density at radius 2 is 1.79 bits per heavy atom. The molecule has 4 nitrogen and oxygen atoms in total. The number of rotatable bonds is 8. The lowest BCUT2D eigenvalue weighted by atomic mass is 10.1. The second-order valence-electron chi connectivity index (χ2n) is 6.17. The molecule has 2 aromatic carbocycles. The van der Waals surface area contributed by atoms with Crippen molar-refractivity contribution in [2.75, 3.05) is 33.9 Å². The first-order valence-electron chi connectivity index (χ1n) is 8.66. The van der Waals surface area contributed by atoms with E-state index in [2.05, 4.69) is 4.99 Å². The summed E-state index contributed by atoms with van der Waals surface area (Å²) in [7, 11) is 3.86. The summed E-state index contributed by atoms with van der Waals surface area (Å²) < 4.78 is 50.5. The van der Waals surface area contributed by atoms with E-state index >= 15 is 0 Å². The average Bonchev–Trinajstić information content (AvgIpc) is 2.61. The first-order chi connectivity index (χ1) is 13.2. The second-order valence-corrected chi connectivity index (χ2v) is 6.58. The number of ether oxygens (including phenoxy) is 2. The fourth-order valence-electron chi connectivity index (χ4n) is 2.35. The van der Waals surface area contributed by atoms with Crippen LogP contribution < -0.4 is 9.47 Å². The Balaban J connectivity index is 2.35. The Morgan fingerprint density at radius 1 is 1.11 bits per heavy atom. The van der Waals surface area contributed by atoms with Gasteiger partial charge in [-0.3, -0.25) is 4.99 Å². The Labute approximate surface area is 167 Å². The van der Waals surface area contributed by atoms with Crippen LogP contribution in [0, 0.1) is 0 Å². The van der Waals surface area contributed by atoms with E-state index < -0.39 is 11.7 Å². The highest BCUT2D eigenvalue weighted by molar-refractivity contribution is 6.31. The third-order valence-corrected chi connectivity index (χ3v) is 4.05. The van der Waals surface area contributed by atoms with Crippen LogP contribution >= 0.6 is 11.6 Å². The molecule has 152 valence electrons. The summed E-state index contributed by atoms with van der Waals surface area (Å²) in [6.07, 6.45) is -3.11. The van der Waals surface area contributed by atoms with Crippen LogP contribution in [0.1, 0.15) is 18.1 Å². The maximum atomic E-state index is 13.0. The van der Waals surface area contributed by atoms with Crippen LogP contribution in [-0.2, 0) is 6.18 Å². The zero-order valence-corrected chi connectivity index (χ0v) is 16.6. The second kappa shape index (κ2) is 9.80. The number of alkyl halides is 3. The fraction of sp³-hybridized carbons (Fsp3) is 0.350. The van der Waals surface area contributed by atoms with Crippen molar-refractivity contribution in [3.05, 3.63) is 52.5 Å². The van der Waals surface area contributed by atoms with E-state index in [0.29, 0.717) is 36.8 Å². The zero-order valence-electron chi connectivity index (χ0n) is 15.9. The van der Waals surface area contributed by atoms with Crippen LogP contribution in [0.3, 0.4) is 0 Å². The van der Waals surface area contributed by atoms with Crippen molar-refractivity contribution in [3.8, 4) is 11.5 Å². The minimum absolute atomic E-state index is 0.127. The number of hydrogen-bond donors (Lipinski definition) is 0. The van der Waals surface area contributed by atoms with Gasteiger partial charge in [-0.2, -0.15) is 13.2 Å². The molecule has 28 heavy (non-hydrogen) atoms. The highest BCUT2D eigenvalue weighted by Gasteiger charge is 2.33. The van der Waals surface area contributed by atoms with E-state index in [1.165, 1.54) is 18.3 Å². The number of benzene rings is 2. The maximum absolute atomic E-state index is 13.0. The summed E-state index contributed by atoms with van der Waals surface area (Å²) in [6, 6.07) is 8.82. The molecule has 0 saturated heterocycles. The van der Waals surface area contributed by atoms with Crippen molar-refractivity contribution in [3.63, 3.8) is 0 Å². The van der Waals surface area contributed by atoms with Gasteiger partial charge >= 0.3 is 6.18 Å². The molecule has 0 N–H and O–H groups in total. The quantitative estimate of drug-likeness (QED) is 0.539. The fourth-order valence-corrected chi connectivity index (χ4v) is 2.57. The lowest BCUT2D eigenvalue weighted by Gasteiger charge is -2.15. The summed E-state index contributed by atoms with van der Waals surface area (Å²) in [5, 5.41) is -0.367. The van der Waals surface area contributed by atoms with Crippen molar-refractivity contribution < 1.29 is 22.6 Å². The van der Waals surface area contributed by atoms with E-state index in [0.717, 1.165) is 6.07 Å². The molecule has 0 heterocycles. The van der Waals surface area contributed by atoms with E-state index in [9.17, 15) is 13.2 Å². The molecule has 0 aromatic heterocycles. The van der Waals surface area contributed by atoms with Crippen LogP contribution in [0.4, 0.5) is 18.9 Å². The largest absolute Gasteiger partial charge is 0.493 e. The summed E-state index contributed by atoms with van der Waals surface area (Å²) in [4.78, 5) is 6.16. The number of hydrogen-bond acceptors (Lipinski definition) is 4. The summed E-state index contributed by atoms with van der Waals surface area (Å²) >= 11 is 5.66. The molecule has 0 aliphatic rings. The molecule has 0 unspecified atom stereocenters. The molecular weight excluding hydrogens is 393 g/mol. The lowest BCUT2D eigenvalue weighted by Crippen LogP contribution is -2.19. The van der Waals surface area contributed by atoms with Gasteiger partial charge in [0, 0.05) is 12.8 Å². The van der Waals surface area contributed by atoms with Crippen LogP contribution in [0.2, 0.25) is 5.02 Å². The molecule has 0 aliphatic carbocycles. The SMILES string of the molecule is CCOc1cccc(OCCN(C)C)c1/C=N/c1ccc(Cl)c(C(F)(F)F)c1. The van der Waals surface area contributed by atoms with Gasteiger partial charge in [-0.25, -0.2) is 0 Å². The smallest absolute Gasteiger partial charge is 0.417 e. The molecule has 2 rings (SSSR count). The summed E-state index contributed by atoms with van der Waals surface area (Å²) in [5.41, 5.74) is -0.238. The number of aliphatic imine (C=N–C) groups is 1. The third-order valence-electron chi connectivity index (χ3n) is 3.72. The Morgan fingerprint density at radius 3 is 2.39 bits per heavy atom. The van der Waals surface area contributed by atoms with Crippen LogP contribution in [-0.4, -0.2) is 45.0 Å². The standard InChI is InChI=1S/C20H22ClF3N2O2/c1-4-27-18-6-5-7-19(28-11-10-26(2)3)15(18)13-25-14-8-9-17(21)16(12-14)20(22,23)24/h5-9,12-13H,4,10-11H2,1-3H3/b25-13+. The maximum Gasteiger partial charge on any atom is 0.417 e. The van der Waals surface area contributed by atoms with Crippen LogP contribution in [0.15, 0.2) is 41.4 Å². The van der Waals surface area contributed by atoms with Gasteiger partial charge in [0.05, 0.1) is 28.4 Å². The van der Waals surface area contributed by atoms with Gasteiger partial charge in [0.2, 0.25) is 0 Å². The first-order valence-corrected chi connectivity index (χ1v) is 9.04. The van der Waals surface area contributed by atoms with Gasteiger partial charge in [-0.05, 0) is 51.4 Å². The highest BCUT2D eigenvalue weighted by Crippen LogP contribution is 2.37. The Hall–Kier alpha value is -2.25. The predicted octanol–water partition coefficient (Wildman–Crippen LogP) is 5.45. The molecule has 0 fully saturated rings. The molecule has 0 atom stereocenters. The van der Waals surface area contributed by atoms with E-state index in [1.807, 2.05) is 25.9 Å². The average molecular weight is 415 g/mol. The summed E-state index contributed by atoms with van der Waals surface area (Å²) in [5.74, 6) is 1.08. The minimum Gasteiger partial charge on any atom is -0.493 e. The zero-order chi connectivity index (χ0) is 20.7. The topological polar surface area (TPSA) is 34.1 Å². The van der Waals surface area contributed by atoms with Crippen molar-refractivity contribution in [1.29, 1.82) is 0 Å². The van der Waals surface area contributed by atoms with Crippen molar-refractivity contribution in [2.24, 2.45) is 4.99 Å². The van der Waals surface area contributed by atoms with Gasteiger partial charge in [0.25, 0.3) is 0 Å². The lowest BCUT2D eigenvalue weighted by molar-refractivity contribution is -0.137. The van der Waals surface area contributed by atoms with Gasteiger partial charge in [0.1, 0.15) is 18.1 Å². The van der Waals surface area contributed by atoms with Gasteiger partial charge in [-0.1, -0.05) is 17.7 Å². The molecule has 0 radical (unpaired) electrons. The predicted molar refractivity (Wildman–Crippen MR) is 105 cm³/mol. The molecular formula is C20H22ClF3N2O2. The number of halogens is 4. The monoisotopic (exact) mass is 414 g/mol. The highest BCUT2D eigenvalue weighted by atomic mass is 35.5. The van der Waals surface area contributed by atoms with Gasteiger partial charge < -0.3 is 14.4 Å². The molecule has 0 saturated carbocycles. The first kappa shape index (κ1) is 22.0. The molecule has 0 amide bonds. The molecule has 0 bridgehead atoms. The normalized spacial score (nSPS) is 12.0. The van der Waals surface area contributed by atoms with Crippen molar-refractivity contribution in [1.82, 2.24) is 4.90 Å². The van der Waals surface area contributed by atoms with Crippen LogP contribution in [0.5, 0.6) is 11.5 Å². The molecule has 0 aliphatic heterocycles. The van der Waals surface area contributed by atoms with Crippen LogP contribution in [0.25, 0.3) is 0 Å². The Bertz CT molecular complexity index is 824. The van der Waals surface area contributed by atoms with Gasteiger partial charge in [0.15, 0.2) is 0 Å². The molecule has 8 heteroatoms. The number of nitrogens with zero attached hydrogens (tertiary/aromatic N) is 2. The van der Waals surface area contributed by atoms with E-state index in [4.69, 9.17) is 21.1 Å².